The van der Waals surface area contributed by atoms with Crippen LogP contribution in [0.15, 0.2) is 59.7 Å². The Morgan fingerprint density at radius 2 is 1.75 bits per heavy atom. The zero-order valence-corrected chi connectivity index (χ0v) is 10.9. The van der Waals surface area contributed by atoms with Crippen molar-refractivity contribution in [2.75, 3.05) is 12.0 Å². The van der Waals surface area contributed by atoms with Crippen LogP contribution in [-0.4, -0.2) is 18.1 Å². The summed E-state index contributed by atoms with van der Waals surface area (Å²) in [6, 6.07) is 16.8. The van der Waals surface area contributed by atoms with Gasteiger partial charge in [-0.1, -0.05) is 30.3 Å². The SMILES string of the molecule is O=C1/C(=N/Nc2ccccc2)CCOc2ccccc21. The number of hydrogen-bond acceptors (Lipinski definition) is 4. The number of carbonyl (C=O) groups excluding carboxylic acids is 1. The number of benzene rings is 2. The van der Waals surface area contributed by atoms with Gasteiger partial charge in [-0.05, 0) is 24.3 Å². The molecule has 3 rings (SSSR count). The summed E-state index contributed by atoms with van der Waals surface area (Å²) in [5.74, 6) is 0.545. The molecule has 2 aromatic carbocycles. The van der Waals surface area contributed by atoms with Gasteiger partial charge < -0.3 is 4.74 Å². The lowest BCUT2D eigenvalue weighted by Gasteiger charge is -2.04. The van der Waals surface area contributed by atoms with Crippen LogP contribution in [0.3, 0.4) is 0 Å². The molecule has 0 saturated heterocycles. The van der Waals surface area contributed by atoms with E-state index in [1.54, 1.807) is 12.1 Å². The van der Waals surface area contributed by atoms with E-state index in [0.29, 0.717) is 30.1 Å². The summed E-state index contributed by atoms with van der Waals surface area (Å²) in [5.41, 5.74) is 4.82. The van der Waals surface area contributed by atoms with Gasteiger partial charge in [-0.15, -0.1) is 0 Å². The van der Waals surface area contributed by atoms with E-state index in [9.17, 15) is 4.79 Å². The molecule has 0 bridgehead atoms. The van der Waals surface area contributed by atoms with Gasteiger partial charge in [0.05, 0.1) is 17.9 Å². The number of Topliss-reactive ketones (excluding diaryl/α,β-unsaturated/α-hetero) is 1. The number of anilines is 1. The Bertz CT molecular complexity index is 651. The van der Waals surface area contributed by atoms with Crippen molar-refractivity contribution in [1.82, 2.24) is 0 Å². The van der Waals surface area contributed by atoms with Gasteiger partial charge in [-0.25, -0.2) is 0 Å². The molecule has 1 N–H and O–H groups in total. The summed E-state index contributed by atoms with van der Waals surface area (Å²) in [4.78, 5) is 12.4. The van der Waals surface area contributed by atoms with Crippen molar-refractivity contribution >= 4 is 17.2 Å². The van der Waals surface area contributed by atoms with Crippen LogP contribution in [0.1, 0.15) is 16.8 Å². The largest absolute Gasteiger partial charge is 0.492 e. The Kier molecular flexibility index (Phi) is 3.46. The quantitative estimate of drug-likeness (QED) is 0.850. The van der Waals surface area contributed by atoms with Crippen LogP contribution in [0.4, 0.5) is 5.69 Å². The molecule has 4 heteroatoms. The molecule has 0 amide bonds. The second-order valence-electron chi connectivity index (χ2n) is 4.46. The van der Waals surface area contributed by atoms with Crippen molar-refractivity contribution in [1.29, 1.82) is 0 Å². The summed E-state index contributed by atoms with van der Waals surface area (Å²) < 4.78 is 5.57. The summed E-state index contributed by atoms with van der Waals surface area (Å²) in [6.07, 6.45) is 0.493. The number of ether oxygens (including phenoxy) is 1. The van der Waals surface area contributed by atoms with Crippen molar-refractivity contribution in [3.05, 3.63) is 60.2 Å². The normalized spacial score (nSPS) is 16.2. The fraction of sp³-hybridized carbons (Fsp3) is 0.125. The Balaban J connectivity index is 1.86. The lowest BCUT2D eigenvalue weighted by Crippen LogP contribution is -2.15. The molecule has 0 aromatic heterocycles. The molecule has 0 radical (unpaired) electrons. The van der Waals surface area contributed by atoms with Crippen molar-refractivity contribution < 1.29 is 9.53 Å². The molecule has 1 aliphatic rings. The molecule has 0 saturated carbocycles. The fourth-order valence-electron chi connectivity index (χ4n) is 2.06. The predicted molar refractivity (Wildman–Crippen MR) is 78.4 cm³/mol. The first-order chi connectivity index (χ1) is 9.84. The summed E-state index contributed by atoms with van der Waals surface area (Å²) >= 11 is 0. The highest BCUT2D eigenvalue weighted by atomic mass is 16.5. The Morgan fingerprint density at radius 1 is 1.00 bits per heavy atom. The number of ketones is 1. The Hall–Kier alpha value is -2.62. The second-order valence-corrected chi connectivity index (χ2v) is 4.46. The third kappa shape index (κ3) is 2.54. The highest BCUT2D eigenvalue weighted by Crippen LogP contribution is 2.22. The van der Waals surface area contributed by atoms with Gasteiger partial charge in [0.15, 0.2) is 0 Å². The standard InChI is InChI=1S/C16H14N2O2/c19-16-13-8-4-5-9-15(13)20-11-10-14(16)18-17-12-6-2-1-3-7-12/h1-9,17H,10-11H2/b18-14+. The number of nitrogens with one attached hydrogen (secondary N) is 1. The van der Waals surface area contributed by atoms with Gasteiger partial charge in [-0.3, -0.25) is 10.2 Å². The molecule has 20 heavy (non-hydrogen) atoms. The first-order valence-corrected chi connectivity index (χ1v) is 6.49. The maximum atomic E-state index is 12.4. The van der Waals surface area contributed by atoms with E-state index >= 15 is 0 Å². The third-order valence-corrected chi connectivity index (χ3v) is 3.08. The van der Waals surface area contributed by atoms with E-state index in [1.165, 1.54) is 0 Å². The van der Waals surface area contributed by atoms with Crippen LogP contribution >= 0.6 is 0 Å². The van der Waals surface area contributed by atoms with E-state index < -0.39 is 0 Å². The van der Waals surface area contributed by atoms with E-state index in [4.69, 9.17) is 4.74 Å². The number of fused-ring (bicyclic) bond motifs is 1. The predicted octanol–water partition coefficient (Wildman–Crippen LogP) is 3.12. The van der Waals surface area contributed by atoms with Crippen LogP contribution in [0.5, 0.6) is 5.75 Å². The van der Waals surface area contributed by atoms with Crippen molar-refractivity contribution in [3.8, 4) is 5.75 Å². The van der Waals surface area contributed by atoms with Crippen molar-refractivity contribution in [2.24, 2.45) is 5.10 Å². The fourth-order valence-corrected chi connectivity index (χ4v) is 2.06. The van der Waals surface area contributed by atoms with Crippen LogP contribution in [0, 0.1) is 0 Å². The zero-order valence-electron chi connectivity index (χ0n) is 10.9. The molecule has 0 atom stereocenters. The Labute approximate surface area is 117 Å². The minimum Gasteiger partial charge on any atom is -0.492 e. The van der Waals surface area contributed by atoms with Gasteiger partial charge in [0, 0.05) is 6.42 Å². The van der Waals surface area contributed by atoms with Crippen LogP contribution in [0.2, 0.25) is 0 Å². The minimum atomic E-state index is -0.0819. The number of para-hydroxylation sites is 2. The number of carbonyl (C=O) groups is 1. The number of hydrazone groups is 1. The third-order valence-electron chi connectivity index (χ3n) is 3.08. The molecule has 4 nitrogen and oxygen atoms in total. The van der Waals surface area contributed by atoms with Crippen LogP contribution in [-0.2, 0) is 0 Å². The van der Waals surface area contributed by atoms with Crippen molar-refractivity contribution in [3.63, 3.8) is 0 Å². The molecule has 2 aromatic rings. The second kappa shape index (κ2) is 5.57. The highest BCUT2D eigenvalue weighted by molar-refractivity contribution is 6.46. The number of hydrogen-bond donors (Lipinski definition) is 1. The summed E-state index contributed by atoms with van der Waals surface area (Å²) in [5, 5.41) is 4.23. The van der Waals surface area contributed by atoms with Crippen LogP contribution in [0.25, 0.3) is 0 Å². The maximum Gasteiger partial charge on any atom is 0.212 e. The zero-order chi connectivity index (χ0) is 13.8. The topological polar surface area (TPSA) is 50.7 Å². The molecular weight excluding hydrogens is 252 g/mol. The molecule has 0 spiro atoms. The first kappa shape index (κ1) is 12.4. The van der Waals surface area contributed by atoms with E-state index in [0.717, 1.165) is 5.69 Å². The van der Waals surface area contributed by atoms with Gasteiger partial charge in [0.25, 0.3) is 0 Å². The molecule has 0 aliphatic carbocycles. The Morgan fingerprint density at radius 3 is 2.60 bits per heavy atom. The molecule has 100 valence electrons. The van der Waals surface area contributed by atoms with Gasteiger partial charge in [-0.2, -0.15) is 5.10 Å². The van der Waals surface area contributed by atoms with E-state index in [1.807, 2.05) is 42.5 Å². The summed E-state index contributed by atoms with van der Waals surface area (Å²) in [7, 11) is 0. The molecule has 0 fully saturated rings. The number of rotatable bonds is 2. The van der Waals surface area contributed by atoms with Crippen LogP contribution < -0.4 is 10.2 Å². The first-order valence-electron chi connectivity index (χ1n) is 6.49. The monoisotopic (exact) mass is 266 g/mol. The molecule has 1 aliphatic heterocycles. The van der Waals surface area contributed by atoms with Gasteiger partial charge in [0.1, 0.15) is 11.5 Å². The average molecular weight is 266 g/mol. The maximum absolute atomic E-state index is 12.4. The molecule has 0 unspecified atom stereocenters. The van der Waals surface area contributed by atoms with Gasteiger partial charge >= 0.3 is 0 Å². The highest BCUT2D eigenvalue weighted by Gasteiger charge is 2.22. The van der Waals surface area contributed by atoms with E-state index in [-0.39, 0.29) is 5.78 Å². The average Bonchev–Trinajstić information content (AvgIpc) is 2.66. The molecule has 1 heterocycles. The number of nitrogens with zero attached hydrogens (tertiary/aromatic N) is 1. The lowest BCUT2D eigenvalue weighted by atomic mass is 10.1. The molecular formula is C16H14N2O2. The van der Waals surface area contributed by atoms with Crippen molar-refractivity contribution in [2.45, 2.75) is 6.42 Å². The lowest BCUT2D eigenvalue weighted by molar-refractivity contribution is 0.106. The minimum absolute atomic E-state index is 0.0819. The smallest absolute Gasteiger partial charge is 0.212 e. The van der Waals surface area contributed by atoms with E-state index in [2.05, 4.69) is 10.5 Å². The van der Waals surface area contributed by atoms with Gasteiger partial charge in [0.2, 0.25) is 5.78 Å². The summed E-state index contributed by atoms with van der Waals surface area (Å²) in [6.45, 7) is 0.456.